The van der Waals surface area contributed by atoms with E-state index in [9.17, 15) is 19.2 Å². The van der Waals surface area contributed by atoms with Crippen LogP contribution in [0.1, 0.15) is 62.3 Å². The van der Waals surface area contributed by atoms with Crippen molar-refractivity contribution in [2.45, 2.75) is 79.1 Å². The second-order valence-corrected chi connectivity index (χ2v) is 10.9. The van der Waals surface area contributed by atoms with E-state index in [2.05, 4.69) is 10.6 Å². The summed E-state index contributed by atoms with van der Waals surface area (Å²) in [4.78, 5) is 50.9. The lowest BCUT2D eigenvalue weighted by molar-refractivity contribution is -0.135. The minimum atomic E-state index is -1.01. The molecule has 0 atom stereocenters. The molecule has 0 saturated heterocycles. The maximum absolute atomic E-state index is 12.8. The summed E-state index contributed by atoms with van der Waals surface area (Å²) in [5, 5.41) is 14.1. The van der Waals surface area contributed by atoms with Crippen LogP contribution in [0.4, 0.5) is 14.4 Å². The first-order valence-electron chi connectivity index (χ1n) is 11.6. The lowest BCUT2D eigenvalue weighted by Gasteiger charge is -2.31. The summed E-state index contributed by atoms with van der Waals surface area (Å²) in [7, 11) is 0. The molecule has 3 N–H and O–H groups in total. The highest BCUT2D eigenvalue weighted by molar-refractivity contribution is 5.70. The van der Waals surface area contributed by atoms with Crippen molar-refractivity contribution in [2.24, 2.45) is 0 Å². The average molecular weight is 505 g/mol. The zero-order valence-electron chi connectivity index (χ0n) is 22.6. The first kappa shape index (κ1) is 32.2. The van der Waals surface area contributed by atoms with E-state index in [4.69, 9.17) is 19.3 Å². The van der Waals surface area contributed by atoms with E-state index in [1.54, 1.807) is 62.3 Å². The third-order valence-corrected chi connectivity index (χ3v) is 3.83. The van der Waals surface area contributed by atoms with Crippen molar-refractivity contribution in [3.63, 3.8) is 0 Å². The predicted molar refractivity (Wildman–Crippen MR) is 130 cm³/mol. The number of aliphatic carboxylic acids is 1. The number of nitrogens with zero attached hydrogens (tertiary/aromatic N) is 2. The number of alkyl carbamates (subject to hydrolysis) is 1. The van der Waals surface area contributed by atoms with Crippen molar-refractivity contribution in [1.29, 1.82) is 0 Å². The van der Waals surface area contributed by atoms with Gasteiger partial charge in [0, 0.05) is 39.3 Å². The Labute approximate surface area is 208 Å². The molecule has 0 aromatic rings. The Hall–Kier alpha value is -2.76. The van der Waals surface area contributed by atoms with Gasteiger partial charge in [-0.05, 0) is 62.3 Å². The molecule has 0 aliphatic rings. The Balaban J connectivity index is 5.27. The van der Waals surface area contributed by atoms with Crippen LogP contribution in [0.3, 0.4) is 0 Å². The van der Waals surface area contributed by atoms with Gasteiger partial charge in [0.05, 0.1) is 6.54 Å². The standard InChI is InChI=1S/C23H44N4O8/c1-21(2,3)33-18(30)25-11-13-27(20(32)35-23(7,8)9)15-14-26(12-10-24-16-17(28)29)19(31)34-22(4,5)6/h24H,10-16H2,1-9H3,(H,25,30)(H,28,29). The Bertz CT molecular complexity index is 708. The smallest absolute Gasteiger partial charge is 0.410 e. The highest BCUT2D eigenvalue weighted by Gasteiger charge is 2.26. The van der Waals surface area contributed by atoms with Crippen LogP contribution in [-0.4, -0.2) is 102 Å². The maximum Gasteiger partial charge on any atom is 0.410 e. The molecule has 0 unspecified atom stereocenters. The van der Waals surface area contributed by atoms with E-state index < -0.39 is 41.1 Å². The topological polar surface area (TPSA) is 147 Å². The van der Waals surface area contributed by atoms with Gasteiger partial charge in [0.2, 0.25) is 0 Å². The quantitative estimate of drug-likeness (QED) is 0.285. The Morgan fingerprint density at radius 3 is 1.43 bits per heavy atom. The summed E-state index contributed by atoms with van der Waals surface area (Å²) in [5.74, 6) is -1.01. The molecule has 0 spiro atoms. The monoisotopic (exact) mass is 504 g/mol. The SMILES string of the molecule is CC(C)(C)OC(=O)NCCN(CCN(CCNCC(=O)O)C(=O)OC(C)(C)C)C(=O)OC(C)(C)C. The van der Waals surface area contributed by atoms with Crippen molar-refractivity contribution in [3.05, 3.63) is 0 Å². The van der Waals surface area contributed by atoms with Crippen LogP contribution in [0.2, 0.25) is 0 Å². The highest BCUT2D eigenvalue weighted by Crippen LogP contribution is 2.12. The van der Waals surface area contributed by atoms with E-state index in [1.165, 1.54) is 9.80 Å². The summed E-state index contributed by atoms with van der Waals surface area (Å²) >= 11 is 0. The van der Waals surface area contributed by atoms with Crippen molar-refractivity contribution < 1.29 is 38.5 Å². The first-order chi connectivity index (χ1) is 15.8. The average Bonchev–Trinajstić information content (AvgIpc) is 2.60. The fourth-order valence-electron chi connectivity index (χ4n) is 2.50. The molecule has 12 heteroatoms. The Morgan fingerprint density at radius 1 is 0.657 bits per heavy atom. The minimum absolute atomic E-state index is 0.100. The zero-order chi connectivity index (χ0) is 27.4. The number of carboxylic acids is 1. The number of hydrogen-bond acceptors (Lipinski definition) is 8. The third kappa shape index (κ3) is 18.3. The molecule has 0 heterocycles. The number of hydrogen-bond donors (Lipinski definition) is 3. The molecule has 0 aliphatic carbocycles. The van der Waals surface area contributed by atoms with Crippen LogP contribution in [0.25, 0.3) is 0 Å². The van der Waals surface area contributed by atoms with Crippen LogP contribution in [-0.2, 0) is 19.0 Å². The van der Waals surface area contributed by atoms with E-state index in [1.807, 2.05) is 0 Å². The van der Waals surface area contributed by atoms with Gasteiger partial charge >= 0.3 is 24.2 Å². The Kier molecular flexibility index (Phi) is 12.9. The lowest BCUT2D eigenvalue weighted by atomic mass is 10.2. The molecule has 35 heavy (non-hydrogen) atoms. The number of nitrogens with one attached hydrogen (secondary N) is 2. The summed E-state index contributed by atoms with van der Waals surface area (Å²) in [6.45, 7) is 16.2. The van der Waals surface area contributed by atoms with Crippen molar-refractivity contribution >= 4 is 24.2 Å². The fraction of sp³-hybridized carbons (Fsp3) is 0.826. The highest BCUT2D eigenvalue weighted by atomic mass is 16.6. The Morgan fingerprint density at radius 2 is 1.06 bits per heavy atom. The molecule has 0 saturated carbocycles. The molecule has 0 radical (unpaired) electrons. The number of carbonyl (C=O) groups is 4. The summed E-state index contributed by atoms with van der Waals surface area (Å²) in [5.41, 5.74) is -2.12. The fourth-order valence-corrected chi connectivity index (χ4v) is 2.50. The van der Waals surface area contributed by atoms with Crippen LogP contribution in [0.5, 0.6) is 0 Å². The third-order valence-electron chi connectivity index (χ3n) is 3.83. The van der Waals surface area contributed by atoms with E-state index >= 15 is 0 Å². The molecule has 0 aromatic carbocycles. The molecule has 204 valence electrons. The molecule has 0 bridgehead atoms. The number of carboxylic acid groups (broad SMARTS) is 1. The summed E-state index contributed by atoms with van der Waals surface area (Å²) in [6.07, 6.45) is -1.80. The largest absolute Gasteiger partial charge is 0.480 e. The minimum Gasteiger partial charge on any atom is -0.480 e. The van der Waals surface area contributed by atoms with Crippen molar-refractivity contribution in [3.8, 4) is 0 Å². The van der Waals surface area contributed by atoms with Crippen LogP contribution in [0.15, 0.2) is 0 Å². The molecular weight excluding hydrogens is 460 g/mol. The molecule has 0 fully saturated rings. The number of carbonyl (C=O) groups excluding carboxylic acids is 3. The number of amides is 3. The predicted octanol–water partition coefficient (Wildman–Crippen LogP) is 2.66. The molecule has 0 aromatic heterocycles. The van der Waals surface area contributed by atoms with Gasteiger partial charge < -0.3 is 39.8 Å². The first-order valence-corrected chi connectivity index (χ1v) is 11.6. The molecule has 12 nitrogen and oxygen atoms in total. The van der Waals surface area contributed by atoms with Gasteiger partial charge in [0.1, 0.15) is 16.8 Å². The van der Waals surface area contributed by atoms with E-state index in [-0.39, 0.29) is 45.8 Å². The van der Waals surface area contributed by atoms with Crippen LogP contribution >= 0.6 is 0 Å². The zero-order valence-corrected chi connectivity index (χ0v) is 22.6. The van der Waals surface area contributed by atoms with Crippen LogP contribution in [0, 0.1) is 0 Å². The van der Waals surface area contributed by atoms with E-state index in [0.717, 1.165) is 0 Å². The van der Waals surface area contributed by atoms with Gasteiger partial charge in [-0.25, -0.2) is 14.4 Å². The summed E-state index contributed by atoms with van der Waals surface area (Å²) in [6, 6.07) is 0. The maximum atomic E-state index is 12.8. The molecular formula is C23H44N4O8. The van der Waals surface area contributed by atoms with Crippen LogP contribution < -0.4 is 10.6 Å². The van der Waals surface area contributed by atoms with E-state index in [0.29, 0.717) is 0 Å². The van der Waals surface area contributed by atoms with Crippen molar-refractivity contribution in [1.82, 2.24) is 20.4 Å². The van der Waals surface area contributed by atoms with Gasteiger partial charge in [0.25, 0.3) is 0 Å². The second-order valence-electron chi connectivity index (χ2n) is 10.9. The number of rotatable bonds is 11. The molecule has 3 amide bonds. The molecule has 0 aliphatic heterocycles. The molecule has 0 rings (SSSR count). The van der Waals surface area contributed by atoms with Crippen molar-refractivity contribution in [2.75, 3.05) is 45.8 Å². The lowest BCUT2D eigenvalue weighted by Crippen LogP contribution is -2.48. The van der Waals surface area contributed by atoms with Gasteiger partial charge in [-0.3, -0.25) is 4.79 Å². The summed E-state index contributed by atoms with van der Waals surface area (Å²) < 4.78 is 16.1. The van der Waals surface area contributed by atoms with Gasteiger partial charge in [-0.1, -0.05) is 0 Å². The van der Waals surface area contributed by atoms with Gasteiger partial charge in [-0.2, -0.15) is 0 Å². The normalized spacial score (nSPS) is 11.9. The second kappa shape index (κ2) is 14.0. The van der Waals surface area contributed by atoms with Gasteiger partial charge in [0.15, 0.2) is 0 Å². The van der Waals surface area contributed by atoms with Gasteiger partial charge in [-0.15, -0.1) is 0 Å². The number of ether oxygens (including phenoxy) is 3.